The van der Waals surface area contributed by atoms with E-state index in [4.69, 9.17) is 9.26 Å². The Morgan fingerprint density at radius 3 is 2.96 bits per heavy atom. The smallest absolute Gasteiger partial charge is 0.256 e. The van der Waals surface area contributed by atoms with E-state index in [1.807, 2.05) is 31.2 Å². The Kier molecular flexibility index (Phi) is 4.45. The molecule has 1 amide bonds. The minimum Gasteiger partial charge on any atom is -0.377 e. The summed E-state index contributed by atoms with van der Waals surface area (Å²) in [5.41, 5.74) is 3.62. The fourth-order valence-electron chi connectivity index (χ4n) is 3.09. The van der Waals surface area contributed by atoms with Gasteiger partial charge >= 0.3 is 0 Å². The summed E-state index contributed by atoms with van der Waals surface area (Å²) in [6.07, 6.45) is 4.61. The average Bonchev–Trinajstić information content (AvgIpc) is 3.22. The quantitative estimate of drug-likeness (QED) is 0.722. The first kappa shape index (κ1) is 16.4. The molecule has 0 spiro atoms. The summed E-state index contributed by atoms with van der Waals surface area (Å²) in [5, 5.41) is 3.87. The Morgan fingerprint density at radius 1 is 1.23 bits per heavy atom. The molecule has 132 valence electrons. The number of aryl methyl sites for hydroxylation is 1. The first-order chi connectivity index (χ1) is 12.7. The van der Waals surface area contributed by atoms with Crippen molar-refractivity contribution in [3.8, 4) is 11.1 Å². The van der Waals surface area contributed by atoms with Gasteiger partial charge in [-0.1, -0.05) is 35.0 Å². The van der Waals surface area contributed by atoms with Crippen molar-refractivity contribution < 1.29 is 14.1 Å². The Morgan fingerprint density at radius 2 is 2.15 bits per heavy atom. The lowest BCUT2D eigenvalue weighted by Gasteiger charge is -2.33. The fourth-order valence-corrected chi connectivity index (χ4v) is 3.09. The molecule has 0 saturated carbocycles. The number of ether oxygens (including phenoxy) is 1. The van der Waals surface area contributed by atoms with E-state index in [2.05, 4.69) is 21.2 Å². The zero-order valence-electron chi connectivity index (χ0n) is 14.3. The SMILES string of the molecule is Cc1cccc(-c2cncc(C(=O)N3CCOC[C@H]3c3ncon3)c2)c1. The first-order valence-corrected chi connectivity index (χ1v) is 8.39. The van der Waals surface area contributed by atoms with Gasteiger partial charge in [0.1, 0.15) is 6.04 Å². The van der Waals surface area contributed by atoms with Crippen molar-refractivity contribution in [2.75, 3.05) is 19.8 Å². The highest BCUT2D eigenvalue weighted by Gasteiger charge is 2.32. The minimum atomic E-state index is -0.363. The van der Waals surface area contributed by atoms with Gasteiger partial charge in [-0.2, -0.15) is 4.98 Å². The van der Waals surface area contributed by atoms with Crippen LogP contribution in [0.5, 0.6) is 0 Å². The molecule has 1 saturated heterocycles. The normalized spacial score (nSPS) is 17.3. The van der Waals surface area contributed by atoms with Crippen LogP contribution in [-0.2, 0) is 4.74 Å². The zero-order chi connectivity index (χ0) is 17.9. The first-order valence-electron chi connectivity index (χ1n) is 8.39. The second kappa shape index (κ2) is 7.05. The third-order valence-corrected chi connectivity index (χ3v) is 4.40. The monoisotopic (exact) mass is 350 g/mol. The van der Waals surface area contributed by atoms with Gasteiger partial charge in [-0.05, 0) is 18.6 Å². The maximum absolute atomic E-state index is 13.1. The Balaban J connectivity index is 1.64. The number of benzene rings is 1. The van der Waals surface area contributed by atoms with E-state index in [0.717, 1.165) is 16.7 Å². The summed E-state index contributed by atoms with van der Waals surface area (Å²) >= 11 is 0. The molecule has 7 nitrogen and oxygen atoms in total. The van der Waals surface area contributed by atoms with Crippen molar-refractivity contribution in [1.29, 1.82) is 0 Å². The maximum atomic E-state index is 13.1. The second-order valence-electron chi connectivity index (χ2n) is 6.21. The molecular formula is C19H18N4O3. The van der Waals surface area contributed by atoms with Crippen LogP contribution in [-0.4, -0.2) is 45.7 Å². The minimum absolute atomic E-state index is 0.120. The highest BCUT2D eigenvalue weighted by molar-refractivity contribution is 5.95. The lowest BCUT2D eigenvalue weighted by molar-refractivity contribution is -0.00578. The Bertz CT molecular complexity index is 911. The van der Waals surface area contributed by atoms with Crippen LogP contribution < -0.4 is 0 Å². The lowest BCUT2D eigenvalue weighted by Crippen LogP contribution is -2.43. The molecular weight excluding hydrogens is 332 g/mol. The Labute approximate surface area is 150 Å². The lowest BCUT2D eigenvalue weighted by atomic mass is 10.0. The standard InChI is InChI=1S/C19H18N4O3/c1-13-3-2-4-14(7-13)15-8-16(10-20-9-15)19(24)23-5-6-25-11-17(23)18-21-12-26-22-18/h2-4,7-10,12,17H,5-6,11H2,1H3/t17-/m0/s1. The summed E-state index contributed by atoms with van der Waals surface area (Å²) in [6, 6.07) is 9.62. The van der Waals surface area contributed by atoms with Crippen molar-refractivity contribution in [3.63, 3.8) is 0 Å². The number of carbonyl (C=O) groups excluding carboxylic acids is 1. The number of nitrogens with zero attached hydrogens (tertiary/aromatic N) is 4. The third kappa shape index (κ3) is 3.21. The summed E-state index contributed by atoms with van der Waals surface area (Å²) in [5.74, 6) is 0.325. The number of amides is 1. The van der Waals surface area contributed by atoms with Crippen LogP contribution in [0.25, 0.3) is 11.1 Å². The highest BCUT2D eigenvalue weighted by Crippen LogP contribution is 2.25. The van der Waals surface area contributed by atoms with Gasteiger partial charge in [0.15, 0.2) is 5.82 Å². The molecule has 3 heterocycles. The number of aromatic nitrogens is 3. The van der Waals surface area contributed by atoms with Gasteiger partial charge in [0.05, 0.1) is 18.8 Å². The fraction of sp³-hybridized carbons (Fsp3) is 0.263. The van der Waals surface area contributed by atoms with Gasteiger partial charge in [0, 0.05) is 24.5 Å². The number of morpholine rings is 1. The Hall–Kier alpha value is -3.06. The average molecular weight is 350 g/mol. The summed E-state index contributed by atoms with van der Waals surface area (Å²) in [6.45, 7) is 3.32. The van der Waals surface area contributed by atoms with Gasteiger partial charge in [-0.15, -0.1) is 0 Å². The molecule has 1 aliphatic heterocycles. The predicted molar refractivity (Wildman–Crippen MR) is 93.3 cm³/mol. The summed E-state index contributed by atoms with van der Waals surface area (Å²) in [4.78, 5) is 23.2. The van der Waals surface area contributed by atoms with Crippen LogP contribution in [0.1, 0.15) is 27.8 Å². The predicted octanol–water partition coefficient (Wildman–Crippen LogP) is 2.65. The zero-order valence-corrected chi connectivity index (χ0v) is 14.3. The molecule has 0 radical (unpaired) electrons. The van der Waals surface area contributed by atoms with E-state index >= 15 is 0 Å². The van der Waals surface area contributed by atoms with Crippen molar-refractivity contribution in [2.24, 2.45) is 0 Å². The van der Waals surface area contributed by atoms with Crippen LogP contribution in [0.4, 0.5) is 0 Å². The molecule has 4 rings (SSSR count). The van der Waals surface area contributed by atoms with E-state index < -0.39 is 0 Å². The van der Waals surface area contributed by atoms with Crippen molar-refractivity contribution in [3.05, 3.63) is 66.1 Å². The van der Waals surface area contributed by atoms with E-state index in [1.54, 1.807) is 17.3 Å². The van der Waals surface area contributed by atoms with Crippen molar-refractivity contribution in [2.45, 2.75) is 13.0 Å². The summed E-state index contributed by atoms with van der Waals surface area (Å²) in [7, 11) is 0. The van der Waals surface area contributed by atoms with Crippen LogP contribution in [0.15, 0.2) is 53.6 Å². The van der Waals surface area contributed by atoms with Gasteiger partial charge in [-0.25, -0.2) is 0 Å². The van der Waals surface area contributed by atoms with Crippen LogP contribution in [0.3, 0.4) is 0 Å². The number of pyridine rings is 1. The number of carbonyl (C=O) groups is 1. The molecule has 1 aliphatic rings. The van der Waals surface area contributed by atoms with Crippen molar-refractivity contribution >= 4 is 5.91 Å². The molecule has 1 fully saturated rings. The van der Waals surface area contributed by atoms with Gasteiger partial charge < -0.3 is 14.2 Å². The highest BCUT2D eigenvalue weighted by atomic mass is 16.5. The van der Waals surface area contributed by atoms with E-state index in [9.17, 15) is 4.79 Å². The van der Waals surface area contributed by atoms with E-state index in [-0.39, 0.29) is 11.9 Å². The molecule has 1 aromatic carbocycles. The molecule has 3 aromatic rings. The van der Waals surface area contributed by atoms with E-state index in [0.29, 0.717) is 31.1 Å². The van der Waals surface area contributed by atoms with Gasteiger partial charge in [0.2, 0.25) is 6.39 Å². The maximum Gasteiger partial charge on any atom is 0.256 e. The number of rotatable bonds is 3. The van der Waals surface area contributed by atoms with E-state index in [1.165, 1.54) is 6.39 Å². The second-order valence-corrected chi connectivity index (χ2v) is 6.21. The molecule has 0 unspecified atom stereocenters. The van der Waals surface area contributed by atoms with Gasteiger partial charge in [0.25, 0.3) is 5.91 Å². The number of hydrogen-bond acceptors (Lipinski definition) is 6. The topological polar surface area (TPSA) is 81.4 Å². The van der Waals surface area contributed by atoms with Crippen LogP contribution in [0, 0.1) is 6.92 Å². The molecule has 0 aliphatic carbocycles. The van der Waals surface area contributed by atoms with Crippen molar-refractivity contribution in [1.82, 2.24) is 20.0 Å². The largest absolute Gasteiger partial charge is 0.377 e. The third-order valence-electron chi connectivity index (χ3n) is 4.40. The number of hydrogen-bond donors (Lipinski definition) is 0. The molecule has 0 N–H and O–H groups in total. The molecule has 26 heavy (non-hydrogen) atoms. The van der Waals surface area contributed by atoms with Crippen LogP contribution >= 0.6 is 0 Å². The molecule has 0 bridgehead atoms. The summed E-state index contributed by atoms with van der Waals surface area (Å²) < 4.78 is 10.3. The van der Waals surface area contributed by atoms with Crippen LogP contribution in [0.2, 0.25) is 0 Å². The molecule has 2 aromatic heterocycles. The van der Waals surface area contributed by atoms with Gasteiger partial charge in [-0.3, -0.25) is 9.78 Å². The molecule has 1 atom stereocenters. The molecule has 7 heteroatoms.